The number of hydrogen-bond donors (Lipinski definition) is 0. The molecule has 0 unspecified atom stereocenters. The van der Waals surface area contributed by atoms with E-state index in [-0.39, 0.29) is 0 Å². The van der Waals surface area contributed by atoms with Gasteiger partial charge in [-0.05, 0) is 74.0 Å². The number of fused-ring (bicyclic) bond motifs is 4. The minimum absolute atomic E-state index is 0.676. The lowest BCUT2D eigenvalue weighted by Gasteiger charge is -2.16. The zero-order valence-electron chi connectivity index (χ0n) is 25.7. The highest BCUT2D eigenvalue weighted by Gasteiger charge is 2.16. The summed E-state index contributed by atoms with van der Waals surface area (Å²) >= 11 is 0. The third kappa shape index (κ3) is 5.05. The molecule has 0 spiro atoms. The van der Waals surface area contributed by atoms with Crippen LogP contribution in [0.1, 0.15) is 0 Å². The summed E-state index contributed by atoms with van der Waals surface area (Å²) in [5, 5.41) is 6.11. The van der Waals surface area contributed by atoms with Gasteiger partial charge in [0.1, 0.15) is 5.58 Å². The van der Waals surface area contributed by atoms with Crippen LogP contribution < -0.4 is 5.19 Å². The minimum Gasteiger partial charge on any atom is -0.437 e. The fourth-order valence-electron chi connectivity index (χ4n) is 6.33. The lowest BCUT2D eigenvalue weighted by Crippen LogP contribution is -2.37. The molecule has 8 rings (SSSR count). The van der Waals surface area contributed by atoms with Gasteiger partial charge in [0.25, 0.3) is 0 Å². The molecule has 0 bridgehead atoms. The molecule has 0 amide bonds. The van der Waals surface area contributed by atoms with Gasteiger partial charge in [0.15, 0.2) is 0 Å². The molecule has 6 aromatic carbocycles. The predicted molar refractivity (Wildman–Crippen MR) is 194 cm³/mol. The van der Waals surface area contributed by atoms with Crippen molar-refractivity contribution < 1.29 is 4.42 Å². The van der Waals surface area contributed by atoms with E-state index in [0.29, 0.717) is 5.71 Å². The molecular formula is C42H33NOSi. The van der Waals surface area contributed by atoms with Crippen molar-refractivity contribution in [3.63, 3.8) is 0 Å². The summed E-state index contributed by atoms with van der Waals surface area (Å²) in [7, 11) is -1.30. The zero-order valence-corrected chi connectivity index (χ0v) is 26.7. The third-order valence-electron chi connectivity index (χ3n) is 8.95. The minimum atomic E-state index is -1.30. The fourth-order valence-corrected chi connectivity index (χ4v) is 7.49. The van der Waals surface area contributed by atoms with E-state index >= 15 is 0 Å². The quantitative estimate of drug-likeness (QED) is 0.185. The first-order chi connectivity index (χ1) is 21.9. The van der Waals surface area contributed by atoms with E-state index in [2.05, 4.69) is 158 Å². The van der Waals surface area contributed by atoms with E-state index in [1.807, 2.05) is 6.07 Å². The Hall–Kier alpha value is -5.25. The van der Waals surface area contributed by atoms with Gasteiger partial charge >= 0.3 is 0 Å². The van der Waals surface area contributed by atoms with E-state index in [0.717, 1.165) is 27.5 Å². The molecule has 8 aromatic rings. The summed E-state index contributed by atoms with van der Waals surface area (Å²) in [6, 6.07) is 50.7. The van der Waals surface area contributed by atoms with Crippen LogP contribution in [0.15, 0.2) is 150 Å². The van der Waals surface area contributed by atoms with Crippen LogP contribution in [0.2, 0.25) is 19.6 Å². The second-order valence-corrected chi connectivity index (χ2v) is 18.0. The third-order valence-corrected chi connectivity index (χ3v) is 11.0. The Kier molecular flexibility index (Phi) is 6.51. The zero-order chi connectivity index (χ0) is 30.5. The van der Waals surface area contributed by atoms with Crippen molar-refractivity contribution in [2.24, 2.45) is 0 Å². The monoisotopic (exact) mass is 595 g/mol. The molecule has 0 saturated carbocycles. The number of aromatic nitrogens is 1. The summed E-state index contributed by atoms with van der Waals surface area (Å²) in [5.74, 6) is 0. The Bertz CT molecular complexity index is 2320. The number of nitrogens with zero attached hydrogens (tertiary/aromatic N) is 1. The molecule has 0 saturated heterocycles. The van der Waals surface area contributed by atoms with Crippen molar-refractivity contribution in [2.45, 2.75) is 19.6 Å². The molecular weight excluding hydrogens is 563 g/mol. The normalized spacial score (nSPS) is 11.9. The lowest BCUT2D eigenvalue weighted by molar-refractivity contribution is 0.655. The molecule has 0 radical (unpaired) electrons. The number of hydrogen-bond acceptors (Lipinski definition) is 2. The van der Waals surface area contributed by atoms with E-state index in [9.17, 15) is 0 Å². The van der Waals surface area contributed by atoms with Crippen molar-refractivity contribution in [3.05, 3.63) is 146 Å². The largest absolute Gasteiger partial charge is 0.437 e. The topological polar surface area (TPSA) is 26.0 Å². The Labute approximate surface area is 264 Å². The highest BCUT2D eigenvalue weighted by molar-refractivity contribution is 6.88. The fraction of sp³-hybridized carbons (Fsp3) is 0.0714. The maximum Gasteiger partial charge on any atom is 0.227 e. The SMILES string of the molecule is C[Si](C)(C)c1ccc(-c2ccc(-c3ccc4ccc(-c5ccc(-c6cccc7c6oc6ncccc67)cc5)cc4c3)cc2)cc1. The summed E-state index contributed by atoms with van der Waals surface area (Å²) in [5.41, 5.74) is 11.1. The Balaban J connectivity index is 1.07. The highest BCUT2D eigenvalue weighted by atomic mass is 28.3. The molecule has 0 aliphatic rings. The summed E-state index contributed by atoms with van der Waals surface area (Å²) < 4.78 is 6.18. The lowest BCUT2D eigenvalue weighted by atomic mass is 9.95. The van der Waals surface area contributed by atoms with E-state index in [4.69, 9.17) is 4.42 Å². The van der Waals surface area contributed by atoms with Gasteiger partial charge in [-0.15, -0.1) is 0 Å². The number of benzene rings is 6. The number of furan rings is 1. The van der Waals surface area contributed by atoms with Gasteiger partial charge in [-0.2, -0.15) is 0 Å². The van der Waals surface area contributed by atoms with E-state index in [1.165, 1.54) is 49.3 Å². The molecule has 0 atom stereocenters. The molecule has 0 aliphatic carbocycles. The summed E-state index contributed by atoms with van der Waals surface area (Å²) in [4.78, 5) is 4.42. The number of pyridine rings is 1. The first-order valence-corrected chi connectivity index (χ1v) is 19.0. The van der Waals surface area contributed by atoms with E-state index in [1.54, 1.807) is 6.20 Å². The molecule has 2 aromatic heterocycles. The van der Waals surface area contributed by atoms with Crippen molar-refractivity contribution >= 4 is 46.1 Å². The molecule has 216 valence electrons. The van der Waals surface area contributed by atoms with Gasteiger partial charge in [-0.1, -0.05) is 140 Å². The smallest absolute Gasteiger partial charge is 0.227 e. The van der Waals surface area contributed by atoms with Crippen molar-refractivity contribution in [2.75, 3.05) is 0 Å². The van der Waals surface area contributed by atoms with Crippen LogP contribution in [0.3, 0.4) is 0 Å². The molecule has 45 heavy (non-hydrogen) atoms. The number of para-hydroxylation sites is 1. The predicted octanol–water partition coefficient (Wildman–Crippen LogP) is 11.3. The maximum absolute atomic E-state index is 6.18. The van der Waals surface area contributed by atoms with Crippen LogP contribution in [0, 0.1) is 0 Å². The van der Waals surface area contributed by atoms with Crippen LogP contribution in [0.5, 0.6) is 0 Å². The Morgan fingerprint density at radius 2 is 0.978 bits per heavy atom. The van der Waals surface area contributed by atoms with Crippen molar-refractivity contribution in [1.82, 2.24) is 4.98 Å². The van der Waals surface area contributed by atoms with Crippen molar-refractivity contribution in [1.29, 1.82) is 0 Å². The highest BCUT2D eigenvalue weighted by Crippen LogP contribution is 2.36. The Morgan fingerprint density at radius 3 is 1.58 bits per heavy atom. The van der Waals surface area contributed by atoms with Gasteiger partial charge < -0.3 is 4.42 Å². The molecule has 2 heterocycles. The average molecular weight is 596 g/mol. The van der Waals surface area contributed by atoms with Gasteiger partial charge in [-0.25, -0.2) is 4.98 Å². The molecule has 2 nitrogen and oxygen atoms in total. The van der Waals surface area contributed by atoms with Crippen LogP contribution in [-0.2, 0) is 0 Å². The number of rotatable bonds is 5. The van der Waals surface area contributed by atoms with Gasteiger partial charge in [0.2, 0.25) is 5.71 Å². The van der Waals surface area contributed by atoms with Crippen molar-refractivity contribution in [3.8, 4) is 44.5 Å². The molecule has 3 heteroatoms. The van der Waals surface area contributed by atoms with Crippen LogP contribution >= 0.6 is 0 Å². The van der Waals surface area contributed by atoms with Gasteiger partial charge in [0, 0.05) is 22.5 Å². The second-order valence-electron chi connectivity index (χ2n) is 12.9. The second kappa shape index (κ2) is 10.7. The Morgan fingerprint density at radius 1 is 0.467 bits per heavy atom. The maximum atomic E-state index is 6.18. The summed E-state index contributed by atoms with van der Waals surface area (Å²) in [6.07, 6.45) is 1.77. The van der Waals surface area contributed by atoms with Gasteiger partial charge in [0.05, 0.1) is 8.07 Å². The summed E-state index contributed by atoms with van der Waals surface area (Å²) in [6.45, 7) is 7.17. The molecule has 0 N–H and O–H groups in total. The van der Waals surface area contributed by atoms with Crippen LogP contribution in [-0.4, -0.2) is 13.1 Å². The van der Waals surface area contributed by atoms with E-state index < -0.39 is 8.07 Å². The van der Waals surface area contributed by atoms with Gasteiger partial charge in [-0.3, -0.25) is 0 Å². The first kappa shape index (κ1) is 27.3. The van der Waals surface area contributed by atoms with Crippen LogP contribution in [0.25, 0.3) is 77.3 Å². The van der Waals surface area contributed by atoms with Crippen LogP contribution in [0.4, 0.5) is 0 Å². The molecule has 0 aliphatic heterocycles. The average Bonchev–Trinajstić information content (AvgIpc) is 3.47. The first-order valence-electron chi connectivity index (χ1n) is 15.5. The standard InChI is InChI=1S/C42H33NOSi/c1-45(2,3)37-23-21-29(22-24-37)28-9-11-30(12-10-28)34-19-15-32-16-20-35(27-36(32)26-34)31-13-17-33(18-14-31)38-6-4-7-39-40-8-5-25-43-42(40)44-41(38)39/h4-27H,1-3H3. The molecule has 0 fully saturated rings.